The van der Waals surface area contributed by atoms with Crippen molar-refractivity contribution in [3.05, 3.63) is 29.8 Å². The second kappa shape index (κ2) is 6.98. The molecule has 0 radical (unpaired) electrons. The van der Waals surface area contributed by atoms with Gasteiger partial charge in [-0.05, 0) is 24.3 Å². The van der Waals surface area contributed by atoms with E-state index in [0.29, 0.717) is 17.9 Å². The summed E-state index contributed by atoms with van der Waals surface area (Å²) in [6.07, 6.45) is 0.442. The second-order valence-corrected chi connectivity index (χ2v) is 5.13. The third-order valence-corrected chi connectivity index (χ3v) is 3.49. The molecule has 1 aliphatic rings. The number of nitrogens with one attached hydrogen (secondary N) is 2. The van der Waals surface area contributed by atoms with Gasteiger partial charge in [-0.25, -0.2) is 0 Å². The quantitative estimate of drug-likeness (QED) is 0.731. The molecule has 0 aromatic heterocycles. The summed E-state index contributed by atoms with van der Waals surface area (Å²) >= 11 is 1.11. The normalized spacial score (nSPS) is 17.1. The van der Waals surface area contributed by atoms with Crippen LogP contribution in [-0.4, -0.2) is 34.7 Å². The smallest absolute Gasteiger partial charge is 0.279 e. The molecule has 1 unspecified atom stereocenters. The fourth-order valence-electron chi connectivity index (χ4n) is 1.61. The van der Waals surface area contributed by atoms with Gasteiger partial charge in [0.15, 0.2) is 0 Å². The van der Waals surface area contributed by atoms with Crippen LogP contribution in [-0.2, 0) is 4.79 Å². The summed E-state index contributed by atoms with van der Waals surface area (Å²) in [6.45, 7) is 0.0479. The third-order valence-electron chi connectivity index (χ3n) is 2.61. The van der Waals surface area contributed by atoms with Crippen molar-refractivity contribution in [3.63, 3.8) is 0 Å². The molecule has 2 rings (SSSR count). The molecule has 1 saturated heterocycles. The standard InChI is InChI=1S/C14H14N2O3S/c17-8-2-1-3-10-4-6-11(7-5-10)15-13(18)12-9-20-14(19)16-12/h4-7,12,17H,2,8-9H2,(H,15,18)(H,16,19). The maximum Gasteiger partial charge on any atom is 0.279 e. The summed E-state index contributed by atoms with van der Waals surface area (Å²) in [5.41, 5.74) is 1.48. The number of anilines is 1. The van der Waals surface area contributed by atoms with Gasteiger partial charge in [0.2, 0.25) is 5.91 Å². The van der Waals surface area contributed by atoms with E-state index in [1.54, 1.807) is 24.3 Å². The number of carbonyl (C=O) groups excluding carboxylic acids is 2. The summed E-state index contributed by atoms with van der Waals surface area (Å²) in [5.74, 6) is 5.96. The van der Waals surface area contributed by atoms with Crippen molar-refractivity contribution < 1.29 is 14.7 Å². The van der Waals surface area contributed by atoms with Crippen molar-refractivity contribution in [2.45, 2.75) is 12.5 Å². The Hall–Kier alpha value is -1.97. The van der Waals surface area contributed by atoms with Gasteiger partial charge in [0.1, 0.15) is 6.04 Å². The number of hydrogen-bond donors (Lipinski definition) is 3. The van der Waals surface area contributed by atoms with Crippen LogP contribution in [0.15, 0.2) is 24.3 Å². The zero-order valence-electron chi connectivity index (χ0n) is 10.7. The molecular formula is C14H14N2O3S. The summed E-state index contributed by atoms with van der Waals surface area (Å²) < 4.78 is 0. The van der Waals surface area contributed by atoms with Crippen LogP contribution in [0.25, 0.3) is 0 Å². The van der Waals surface area contributed by atoms with Gasteiger partial charge in [-0.3, -0.25) is 9.59 Å². The van der Waals surface area contributed by atoms with Gasteiger partial charge in [-0.15, -0.1) is 0 Å². The highest BCUT2D eigenvalue weighted by atomic mass is 32.2. The Balaban J connectivity index is 1.92. The van der Waals surface area contributed by atoms with Crippen LogP contribution >= 0.6 is 11.8 Å². The topological polar surface area (TPSA) is 78.4 Å². The highest BCUT2D eigenvalue weighted by Crippen LogP contribution is 2.15. The zero-order valence-corrected chi connectivity index (χ0v) is 11.5. The van der Waals surface area contributed by atoms with Gasteiger partial charge in [0.05, 0.1) is 6.61 Å². The Morgan fingerprint density at radius 3 is 2.80 bits per heavy atom. The van der Waals surface area contributed by atoms with E-state index in [1.165, 1.54) is 0 Å². The predicted octanol–water partition coefficient (Wildman–Crippen LogP) is 1.18. The highest BCUT2D eigenvalue weighted by molar-refractivity contribution is 8.14. The van der Waals surface area contributed by atoms with E-state index in [4.69, 9.17) is 5.11 Å². The van der Waals surface area contributed by atoms with Gasteiger partial charge < -0.3 is 15.7 Å². The zero-order chi connectivity index (χ0) is 14.4. The van der Waals surface area contributed by atoms with Crippen LogP contribution in [0.2, 0.25) is 0 Å². The Bertz CT molecular complexity index is 560. The maximum absolute atomic E-state index is 11.9. The Morgan fingerprint density at radius 1 is 1.45 bits per heavy atom. The Labute approximate surface area is 121 Å². The number of aliphatic hydroxyl groups excluding tert-OH is 1. The van der Waals surface area contributed by atoms with E-state index in [1.807, 2.05) is 0 Å². The number of carbonyl (C=O) groups is 2. The minimum absolute atomic E-state index is 0.0479. The van der Waals surface area contributed by atoms with E-state index < -0.39 is 6.04 Å². The fraction of sp³-hybridized carbons (Fsp3) is 0.286. The summed E-state index contributed by atoms with van der Waals surface area (Å²) in [5, 5.41) is 13.8. The number of thioether (sulfide) groups is 1. The first kappa shape index (κ1) is 14.4. The molecule has 5 nitrogen and oxygen atoms in total. The van der Waals surface area contributed by atoms with Crippen LogP contribution in [0.3, 0.4) is 0 Å². The minimum Gasteiger partial charge on any atom is -0.395 e. The lowest BCUT2D eigenvalue weighted by Gasteiger charge is -2.10. The molecule has 1 fully saturated rings. The molecule has 20 heavy (non-hydrogen) atoms. The van der Waals surface area contributed by atoms with E-state index in [0.717, 1.165) is 17.3 Å². The number of amides is 2. The molecule has 6 heteroatoms. The fourth-order valence-corrected chi connectivity index (χ4v) is 2.39. The molecule has 104 valence electrons. The van der Waals surface area contributed by atoms with Gasteiger partial charge in [-0.1, -0.05) is 23.6 Å². The molecule has 1 atom stereocenters. The van der Waals surface area contributed by atoms with Gasteiger partial charge in [0.25, 0.3) is 5.24 Å². The lowest BCUT2D eigenvalue weighted by atomic mass is 10.2. The maximum atomic E-state index is 11.9. The van der Waals surface area contributed by atoms with Gasteiger partial charge in [-0.2, -0.15) is 0 Å². The van der Waals surface area contributed by atoms with Gasteiger partial charge in [0, 0.05) is 23.4 Å². The first-order valence-electron chi connectivity index (χ1n) is 6.13. The Kier molecular flexibility index (Phi) is 5.04. The molecule has 0 spiro atoms. The van der Waals surface area contributed by atoms with Gasteiger partial charge >= 0.3 is 0 Å². The summed E-state index contributed by atoms with van der Waals surface area (Å²) in [6, 6.07) is 6.62. The summed E-state index contributed by atoms with van der Waals surface area (Å²) in [4.78, 5) is 22.9. The van der Waals surface area contributed by atoms with E-state index in [2.05, 4.69) is 22.5 Å². The average Bonchev–Trinajstić information content (AvgIpc) is 2.88. The molecular weight excluding hydrogens is 276 g/mol. The largest absolute Gasteiger partial charge is 0.395 e. The lowest BCUT2D eigenvalue weighted by Crippen LogP contribution is -2.38. The van der Waals surface area contributed by atoms with Crippen molar-refractivity contribution >= 4 is 28.6 Å². The van der Waals surface area contributed by atoms with Crippen LogP contribution in [0.1, 0.15) is 12.0 Å². The predicted molar refractivity (Wildman–Crippen MR) is 78.4 cm³/mol. The lowest BCUT2D eigenvalue weighted by molar-refractivity contribution is -0.117. The van der Waals surface area contributed by atoms with E-state index in [-0.39, 0.29) is 17.8 Å². The third kappa shape index (κ3) is 4.02. The summed E-state index contributed by atoms with van der Waals surface area (Å²) in [7, 11) is 0. The van der Waals surface area contributed by atoms with Crippen molar-refractivity contribution in [2.75, 3.05) is 17.7 Å². The van der Waals surface area contributed by atoms with E-state index >= 15 is 0 Å². The van der Waals surface area contributed by atoms with Crippen LogP contribution < -0.4 is 10.6 Å². The average molecular weight is 290 g/mol. The molecule has 2 amide bonds. The molecule has 0 bridgehead atoms. The number of aliphatic hydroxyl groups is 1. The number of rotatable bonds is 3. The first-order chi connectivity index (χ1) is 9.69. The molecule has 0 saturated carbocycles. The second-order valence-electron chi connectivity index (χ2n) is 4.14. The molecule has 1 heterocycles. The van der Waals surface area contributed by atoms with E-state index in [9.17, 15) is 9.59 Å². The molecule has 1 aliphatic heterocycles. The molecule has 1 aromatic rings. The van der Waals surface area contributed by atoms with Crippen molar-refractivity contribution in [3.8, 4) is 11.8 Å². The SMILES string of the molecule is O=C1NC(C(=O)Nc2ccc(C#CCCO)cc2)CS1. The van der Waals surface area contributed by atoms with Crippen molar-refractivity contribution in [1.82, 2.24) is 5.32 Å². The first-order valence-corrected chi connectivity index (χ1v) is 7.11. The Morgan fingerprint density at radius 2 is 2.20 bits per heavy atom. The van der Waals surface area contributed by atoms with Crippen molar-refractivity contribution in [1.29, 1.82) is 0 Å². The van der Waals surface area contributed by atoms with Crippen LogP contribution in [0, 0.1) is 11.8 Å². The van der Waals surface area contributed by atoms with Crippen molar-refractivity contribution in [2.24, 2.45) is 0 Å². The molecule has 0 aliphatic carbocycles. The monoisotopic (exact) mass is 290 g/mol. The van der Waals surface area contributed by atoms with Crippen LogP contribution in [0.5, 0.6) is 0 Å². The number of hydrogen-bond acceptors (Lipinski definition) is 4. The molecule has 3 N–H and O–H groups in total. The van der Waals surface area contributed by atoms with Crippen LogP contribution in [0.4, 0.5) is 10.5 Å². The minimum atomic E-state index is -0.475. The molecule has 1 aromatic carbocycles. The number of benzene rings is 1. The highest BCUT2D eigenvalue weighted by Gasteiger charge is 2.27.